The average Bonchev–Trinajstić information content (AvgIpc) is 3.36. The van der Waals surface area contributed by atoms with Gasteiger partial charge in [-0.3, -0.25) is 0 Å². The number of aliphatic hydroxyl groups excluding tert-OH is 1. The van der Waals surface area contributed by atoms with Crippen molar-refractivity contribution in [3.63, 3.8) is 0 Å². The third-order valence-electron chi connectivity index (χ3n) is 8.62. The number of benzene rings is 1. The molecule has 4 fully saturated rings. The van der Waals surface area contributed by atoms with Gasteiger partial charge in [-0.05, 0) is 53.6 Å². The fourth-order valence-corrected chi connectivity index (χ4v) is 8.58. The molecule has 118 valence electrons. The van der Waals surface area contributed by atoms with Crippen LogP contribution in [0.3, 0.4) is 0 Å². The molecular weight excluding hydrogens is 288 g/mol. The second-order valence-corrected chi connectivity index (χ2v) is 8.57. The van der Waals surface area contributed by atoms with Gasteiger partial charge in [0.15, 0.2) is 0 Å². The predicted octanol–water partition coefficient (Wildman–Crippen LogP) is 2.70. The van der Waals surface area contributed by atoms with Crippen LogP contribution >= 0.6 is 0 Å². The van der Waals surface area contributed by atoms with Gasteiger partial charge >= 0.3 is 0 Å². The second kappa shape index (κ2) is 3.06. The zero-order valence-corrected chi connectivity index (χ0v) is 13.3. The van der Waals surface area contributed by atoms with Crippen molar-refractivity contribution in [1.29, 1.82) is 0 Å². The molecule has 23 heavy (non-hydrogen) atoms. The van der Waals surface area contributed by atoms with Crippen LogP contribution in [0.25, 0.3) is 0 Å². The normalized spacial score (nSPS) is 56.9. The van der Waals surface area contributed by atoms with Gasteiger partial charge in [0.05, 0.1) is 20.3 Å². The smallest absolute Gasteiger partial charge is 0.122 e. The molecule has 3 nitrogen and oxygen atoms in total. The molecule has 3 heteroatoms. The fourth-order valence-electron chi connectivity index (χ4n) is 8.58. The lowest BCUT2D eigenvalue weighted by molar-refractivity contribution is 0.0875. The first-order valence-electron chi connectivity index (χ1n) is 8.84. The molecule has 9 atom stereocenters. The van der Waals surface area contributed by atoms with E-state index in [2.05, 4.69) is 24.3 Å². The summed E-state index contributed by atoms with van der Waals surface area (Å²) in [5.41, 5.74) is 3.52. The van der Waals surface area contributed by atoms with E-state index in [9.17, 15) is 5.11 Å². The van der Waals surface area contributed by atoms with Crippen molar-refractivity contribution in [2.75, 3.05) is 14.2 Å². The van der Waals surface area contributed by atoms with Gasteiger partial charge < -0.3 is 14.6 Å². The standard InChI is InChI=1S/C20H20O3/c1-22-9-3-4-10(23-2)12-11(9)16-13-14-15(13)18-19(16)6-5-8(21)7-20(18,19)17(12)14/h3-6,8,13-18,21H,7H2,1-2H3/t8-,13-,14-,15-,16+,17+,18-,19+,20-/m1/s1. The summed E-state index contributed by atoms with van der Waals surface area (Å²) in [5, 5.41) is 10.3. The summed E-state index contributed by atoms with van der Waals surface area (Å²) in [6.45, 7) is 0. The van der Waals surface area contributed by atoms with E-state index in [4.69, 9.17) is 9.47 Å². The maximum Gasteiger partial charge on any atom is 0.122 e. The van der Waals surface area contributed by atoms with E-state index in [-0.39, 0.29) is 6.10 Å². The number of hydrogen-bond acceptors (Lipinski definition) is 3. The number of methoxy groups -OCH3 is 2. The predicted molar refractivity (Wildman–Crippen MR) is 83.6 cm³/mol. The summed E-state index contributed by atoms with van der Waals surface area (Å²) in [4.78, 5) is 0. The van der Waals surface area contributed by atoms with E-state index in [0.29, 0.717) is 22.7 Å². The first kappa shape index (κ1) is 12.0. The molecule has 1 aromatic rings. The van der Waals surface area contributed by atoms with Crippen molar-refractivity contribution < 1.29 is 14.6 Å². The molecule has 2 bridgehead atoms. The van der Waals surface area contributed by atoms with Crippen molar-refractivity contribution in [1.82, 2.24) is 0 Å². The lowest BCUT2D eigenvalue weighted by Crippen LogP contribution is -2.42. The van der Waals surface area contributed by atoms with E-state index in [1.54, 1.807) is 14.2 Å². The van der Waals surface area contributed by atoms with Gasteiger partial charge in [0, 0.05) is 22.5 Å². The van der Waals surface area contributed by atoms with Crippen LogP contribution in [0.2, 0.25) is 0 Å². The number of ether oxygens (including phenoxy) is 2. The highest BCUT2D eigenvalue weighted by Gasteiger charge is 3.01. The molecular formula is C20H20O3. The minimum Gasteiger partial charge on any atom is -0.496 e. The molecule has 0 aliphatic heterocycles. The van der Waals surface area contributed by atoms with E-state index in [1.165, 1.54) is 11.1 Å². The monoisotopic (exact) mass is 308 g/mol. The van der Waals surface area contributed by atoms with Crippen LogP contribution in [0.1, 0.15) is 29.4 Å². The van der Waals surface area contributed by atoms with E-state index in [0.717, 1.165) is 41.6 Å². The van der Waals surface area contributed by atoms with Gasteiger partial charge in [0.1, 0.15) is 11.5 Å². The molecule has 7 aliphatic carbocycles. The maximum absolute atomic E-state index is 10.3. The van der Waals surface area contributed by atoms with Gasteiger partial charge in [-0.15, -0.1) is 0 Å². The van der Waals surface area contributed by atoms with Crippen LogP contribution in [0.4, 0.5) is 0 Å². The Balaban J connectivity index is 1.58. The summed E-state index contributed by atoms with van der Waals surface area (Å²) < 4.78 is 11.5. The largest absolute Gasteiger partial charge is 0.496 e. The molecule has 0 amide bonds. The Morgan fingerprint density at radius 1 is 1.00 bits per heavy atom. The summed E-state index contributed by atoms with van der Waals surface area (Å²) in [5.74, 6) is 6.66. The zero-order chi connectivity index (χ0) is 15.3. The number of allylic oxidation sites excluding steroid dienone is 1. The van der Waals surface area contributed by atoms with E-state index >= 15 is 0 Å². The van der Waals surface area contributed by atoms with Crippen LogP contribution in [0.5, 0.6) is 11.5 Å². The van der Waals surface area contributed by atoms with Crippen molar-refractivity contribution in [2.45, 2.75) is 24.4 Å². The molecule has 0 heterocycles. The Kier molecular flexibility index (Phi) is 1.59. The van der Waals surface area contributed by atoms with Gasteiger partial charge in [0.25, 0.3) is 0 Å². The third kappa shape index (κ3) is 0.840. The Morgan fingerprint density at radius 2 is 1.65 bits per heavy atom. The average molecular weight is 308 g/mol. The Bertz CT molecular complexity index is 828. The van der Waals surface area contributed by atoms with Crippen LogP contribution < -0.4 is 9.47 Å². The van der Waals surface area contributed by atoms with Gasteiger partial charge in [-0.25, -0.2) is 0 Å². The van der Waals surface area contributed by atoms with Crippen molar-refractivity contribution in [3.8, 4) is 11.5 Å². The summed E-state index contributed by atoms with van der Waals surface area (Å²) >= 11 is 0. The fraction of sp³-hybridized carbons (Fsp3) is 0.600. The van der Waals surface area contributed by atoms with Crippen molar-refractivity contribution in [2.24, 2.45) is 34.5 Å². The molecule has 4 saturated carbocycles. The molecule has 7 aliphatic rings. The third-order valence-corrected chi connectivity index (χ3v) is 8.62. The highest BCUT2D eigenvalue weighted by molar-refractivity contribution is 5.70. The summed E-state index contributed by atoms with van der Waals surface area (Å²) in [7, 11) is 3.58. The molecule has 0 unspecified atom stereocenters. The lowest BCUT2D eigenvalue weighted by atomic mass is 9.53. The maximum atomic E-state index is 10.3. The Morgan fingerprint density at radius 3 is 2.35 bits per heavy atom. The molecule has 1 N–H and O–H groups in total. The van der Waals surface area contributed by atoms with E-state index < -0.39 is 0 Å². The van der Waals surface area contributed by atoms with E-state index in [1.807, 2.05) is 0 Å². The van der Waals surface area contributed by atoms with Gasteiger partial charge in [0.2, 0.25) is 0 Å². The first-order valence-corrected chi connectivity index (χ1v) is 8.84. The number of hydrogen-bond donors (Lipinski definition) is 1. The minimum absolute atomic E-state index is 0.261. The van der Waals surface area contributed by atoms with Crippen LogP contribution in [-0.4, -0.2) is 25.4 Å². The number of rotatable bonds is 2. The second-order valence-electron chi connectivity index (χ2n) is 8.57. The summed E-state index contributed by atoms with van der Waals surface area (Å²) in [6, 6.07) is 4.17. The lowest BCUT2D eigenvalue weighted by Gasteiger charge is -2.50. The minimum atomic E-state index is -0.261. The molecule has 2 spiro atoms. The quantitative estimate of drug-likeness (QED) is 0.854. The zero-order valence-electron chi connectivity index (χ0n) is 13.3. The van der Waals surface area contributed by atoms with Crippen molar-refractivity contribution in [3.05, 3.63) is 35.4 Å². The Labute approximate surface area is 135 Å². The van der Waals surface area contributed by atoms with Crippen LogP contribution in [-0.2, 0) is 0 Å². The van der Waals surface area contributed by atoms with Crippen LogP contribution in [0.15, 0.2) is 24.3 Å². The Hall–Kier alpha value is -1.48. The SMILES string of the molecule is COc1ccc(OC)c2c1[C@H]1[C@H]3[C@@H]4[C@@H]3[C@H]2[C@@]23C[C@H](O)C=C[C@@]12[C@@H]43. The highest BCUT2D eigenvalue weighted by Crippen LogP contribution is 3.06. The molecule has 1 aromatic carbocycles. The van der Waals surface area contributed by atoms with Crippen molar-refractivity contribution >= 4 is 0 Å². The highest BCUT2D eigenvalue weighted by atomic mass is 16.5. The number of aliphatic hydroxyl groups is 1. The molecule has 0 aromatic heterocycles. The first-order chi connectivity index (χ1) is 11.2. The van der Waals surface area contributed by atoms with Gasteiger partial charge in [-0.1, -0.05) is 12.2 Å². The molecule has 0 radical (unpaired) electrons. The summed E-state index contributed by atoms with van der Waals surface area (Å²) in [6.07, 6.45) is 5.18. The van der Waals surface area contributed by atoms with Gasteiger partial charge in [-0.2, -0.15) is 0 Å². The molecule has 0 saturated heterocycles. The topological polar surface area (TPSA) is 38.7 Å². The van der Waals surface area contributed by atoms with Crippen LogP contribution in [0, 0.1) is 34.5 Å². The molecule has 8 rings (SSSR count).